The zero-order valence-electron chi connectivity index (χ0n) is 20.6. The molecule has 34 heavy (non-hydrogen) atoms. The largest absolute Gasteiger partial charge is 0.387 e. The number of ketones is 1. The fourth-order valence-corrected chi connectivity index (χ4v) is 4.58. The number of hydrogen-bond acceptors (Lipinski definition) is 5. The number of fused-ring (bicyclic) bond motifs is 1. The van der Waals surface area contributed by atoms with Gasteiger partial charge in [0.25, 0.3) is 5.91 Å². The first-order chi connectivity index (χ1) is 16.2. The number of benzene rings is 2. The number of aliphatic imine (C=N–C) groups is 1. The van der Waals surface area contributed by atoms with Crippen LogP contribution in [-0.4, -0.2) is 59.0 Å². The molecular weight excluding hydrogens is 424 g/mol. The monoisotopic (exact) mass is 458 g/mol. The number of hydrogen-bond donors (Lipinski definition) is 1. The normalized spacial score (nSPS) is 16.9. The second kappa shape index (κ2) is 9.55. The van der Waals surface area contributed by atoms with Crippen molar-refractivity contribution in [1.29, 1.82) is 0 Å². The average Bonchev–Trinajstić information content (AvgIpc) is 3.00. The molecule has 2 aromatic carbocycles. The molecule has 0 bridgehead atoms. The lowest BCUT2D eigenvalue weighted by Crippen LogP contribution is -2.54. The Labute approximate surface area is 202 Å². The van der Waals surface area contributed by atoms with Crippen molar-refractivity contribution in [2.75, 3.05) is 26.2 Å². The summed E-state index contributed by atoms with van der Waals surface area (Å²) in [5.74, 6) is 0.590. The first-order valence-corrected chi connectivity index (χ1v) is 12.0. The van der Waals surface area contributed by atoms with Crippen molar-refractivity contribution in [3.63, 3.8) is 0 Å². The molecule has 0 aliphatic carbocycles. The molecule has 2 aliphatic rings. The van der Waals surface area contributed by atoms with Crippen molar-refractivity contribution >= 4 is 29.3 Å². The zero-order valence-corrected chi connectivity index (χ0v) is 20.6. The highest BCUT2D eigenvalue weighted by atomic mass is 16.2. The van der Waals surface area contributed by atoms with Gasteiger partial charge in [-0.15, -0.1) is 0 Å². The van der Waals surface area contributed by atoms with Gasteiger partial charge in [-0.1, -0.05) is 25.1 Å². The number of nitrogens with zero attached hydrogens (tertiary/aromatic N) is 3. The predicted octanol–water partition coefficient (Wildman–Crippen LogP) is 4.66. The van der Waals surface area contributed by atoms with Crippen molar-refractivity contribution < 1.29 is 9.59 Å². The Balaban J connectivity index is 1.59. The standard InChI is InChI=1S/C28H34N4O2/c1-5-25(33)23-17-22-16-20(9-10-24(22)30-26(29)18-23)19-7-6-8-21(15-19)27(34)31-11-13-32(14-12-31)28(2,3)4/h6-10,15-17H,5,11-14,18H2,1-4H3,(H2,29,30). The van der Waals surface area contributed by atoms with Gasteiger partial charge in [-0.25, -0.2) is 4.99 Å². The number of carbonyl (C=O) groups is 2. The second-order valence-electron chi connectivity index (χ2n) is 10.0. The molecule has 2 heterocycles. The minimum absolute atomic E-state index is 0.0678. The number of rotatable bonds is 4. The van der Waals surface area contributed by atoms with Crippen LogP contribution >= 0.6 is 0 Å². The fraction of sp³-hybridized carbons (Fsp3) is 0.393. The molecule has 0 unspecified atom stereocenters. The number of carbonyl (C=O) groups excluding carboxylic acids is 2. The van der Waals surface area contributed by atoms with E-state index < -0.39 is 0 Å². The molecule has 6 heteroatoms. The molecular formula is C28H34N4O2. The van der Waals surface area contributed by atoms with Gasteiger partial charge in [-0.05, 0) is 62.2 Å². The van der Waals surface area contributed by atoms with Crippen LogP contribution in [0.25, 0.3) is 17.2 Å². The first kappa shape index (κ1) is 23.9. The van der Waals surface area contributed by atoms with E-state index in [9.17, 15) is 9.59 Å². The molecule has 0 spiro atoms. The molecule has 178 valence electrons. The maximum Gasteiger partial charge on any atom is 0.253 e. The quantitative estimate of drug-likeness (QED) is 0.722. The van der Waals surface area contributed by atoms with Crippen LogP contribution in [0.1, 0.15) is 56.5 Å². The maximum atomic E-state index is 13.2. The molecule has 0 aromatic heterocycles. The molecule has 2 N–H and O–H groups in total. The lowest BCUT2D eigenvalue weighted by molar-refractivity contribution is -0.115. The highest BCUT2D eigenvalue weighted by Gasteiger charge is 2.28. The fourth-order valence-electron chi connectivity index (χ4n) is 4.58. The molecule has 2 aromatic rings. The van der Waals surface area contributed by atoms with Crippen LogP contribution in [0.2, 0.25) is 0 Å². The van der Waals surface area contributed by atoms with Gasteiger partial charge in [-0.3, -0.25) is 14.5 Å². The Kier molecular flexibility index (Phi) is 6.71. The summed E-state index contributed by atoms with van der Waals surface area (Å²) < 4.78 is 0. The van der Waals surface area contributed by atoms with E-state index in [1.807, 2.05) is 60.4 Å². The van der Waals surface area contributed by atoms with Gasteiger partial charge in [0.05, 0.1) is 5.69 Å². The molecule has 0 atom stereocenters. The van der Waals surface area contributed by atoms with Gasteiger partial charge in [0.1, 0.15) is 5.84 Å². The van der Waals surface area contributed by atoms with Crippen LogP contribution in [0.4, 0.5) is 5.69 Å². The molecule has 0 radical (unpaired) electrons. The summed E-state index contributed by atoms with van der Waals surface area (Å²) in [5.41, 5.74) is 11.1. The number of amidine groups is 1. The highest BCUT2D eigenvalue weighted by molar-refractivity contribution is 6.06. The summed E-state index contributed by atoms with van der Waals surface area (Å²) in [7, 11) is 0. The molecule has 2 aliphatic heterocycles. The third-order valence-electron chi connectivity index (χ3n) is 6.63. The minimum atomic E-state index is 0.0678. The number of amides is 1. The van der Waals surface area contributed by atoms with E-state index in [0.717, 1.165) is 48.6 Å². The third kappa shape index (κ3) is 5.12. The smallest absolute Gasteiger partial charge is 0.253 e. The SMILES string of the molecule is CCC(=O)C1=Cc2cc(-c3cccc(C(=O)N4CCN(C(C)(C)C)CC4)c3)ccc2N=C(N)C1. The van der Waals surface area contributed by atoms with E-state index >= 15 is 0 Å². The Morgan fingerprint density at radius 3 is 2.38 bits per heavy atom. The Bertz CT molecular complexity index is 1170. The van der Waals surface area contributed by atoms with Crippen molar-refractivity contribution in [2.24, 2.45) is 10.7 Å². The Morgan fingerprint density at radius 2 is 1.71 bits per heavy atom. The van der Waals surface area contributed by atoms with Gasteiger partial charge in [0.2, 0.25) is 0 Å². The van der Waals surface area contributed by atoms with Crippen LogP contribution in [0.15, 0.2) is 53.0 Å². The average molecular weight is 459 g/mol. The topological polar surface area (TPSA) is 79.0 Å². The summed E-state index contributed by atoms with van der Waals surface area (Å²) in [6.07, 6.45) is 2.70. The van der Waals surface area contributed by atoms with Crippen molar-refractivity contribution in [1.82, 2.24) is 9.80 Å². The third-order valence-corrected chi connectivity index (χ3v) is 6.63. The Hall–Kier alpha value is -3.25. The van der Waals surface area contributed by atoms with E-state index in [4.69, 9.17) is 5.73 Å². The molecule has 1 amide bonds. The summed E-state index contributed by atoms with van der Waals surface area (Å²) in [4.78, 5) is 34.4. The highest BCUT2D eigenvalue weighted by Crippen LogP contribution is 2.32. The molecule has 1 saturated heterocycles. The van der Waals surface area contributed by atoms with Crippen LogP contribution in [0.3, 0.4) is 0 Å². The first-order valence-electron chi connectivity index (χ1n) is 12.0. The lowest BCUT2D eigenvalue weighted by Gasteiger charge is -2.42. The van der Waals surface area contributed by atoms with Crippen LogP contribution in [0.5, 0.6) is 0 Å². The van der Waals surface area contributed by atoms with Gasteiger partial charge >= 0.3 is 0 Å². The van der Waals surface area contributed by atoms with E-state index in [0.29, 0.717) is 29.8 Å². The summed E-state index contributed by atoms with van der Waals surface area (Å²) >= 11 is 0. The Morgan fingerprint density at radius 1 is 1.00 bits per heavy atom. The van der Waals surface area contributed by atoms with Gasteiger partial charge in [-0.2, -0.15) is 0 Å². The number of piperazine rings is 1. The van der Waals surface area contributed by atoms with Gasteiger partial charge in [0.15, 0.2) is 5.78 Å². The van der Waals surface area contributed by atoms with Crippen LogP contribution < -0.4 is 5.73 Å². The van der Waals surface area contributed by atoms with E-state index in [2.05, 4.69) is 30.7 Å². The summed E-state index contributed by atoms with van der Waals surface area (Å²) in [5, 5.41) is 0. The molecule has 4 rings (SSSR count). The van der Waals surface area contributed by atoms with Crippen molar-refractivity contribution in [3.05, 3.63) is 59.2 Å². The number of nitrogens with two attached hydrogens (primary N) is 1. The lowest BCUT2D eigenvalue weighted by atomic mass is 9.97. The summed E-state index contributed by atoms with van der Waals surface area (Å²) in [6.45, 7) is 11.7. The predicted molar refractivity (Wildman–Crippen MR) is 138 cm³/mol. The molecule has 1 fully saturated rings. The van der Waals surface area contributed by atoms with E-state index in [-0.39, 0.29) is 17.2 Å². The number of Topliss-reactive ketones (excluding diaryl/α,β-unsaturated/α-hetero) is 1. The van der Waals surface area contributed by atoms with Crippen LogP contribution in [0, 0.1) is 0 Å². The summed E-state index contributed by atoms with van der Waals surface area (Å²) in [6, 6.07) is 13.7. The van der Waals surface area contributed by atoms with Crippen molar-refractivity contribution in [2.45, 2.75) is 46.1 Å². The maximum absolute atomic E-state index is 13.2. The van der Waals surface area contributed by atoms with Gasteiger partial charge in [0, 0.05) is 61.3 Å². The minimum Gasteiger partial charge on any atom is -0.387 e. The zero-order chi connectivity index (χ0) is 24.5. The van der Waals surface area contributed by atoms with E-state index in [1.54, 1.807) is 0 Å². The second-order valence-corrected chi connectivity index (χ2v) is 10.0. The van der Waals surface area contributed by atoms with Crippen molar-refractivity contribution in [3.8, 4) is 11.1 Å². The molecule has 6 nitrogen and oxygen atoms in total. The molecule has 0 saturated carbocycles. The van der Waals surface area contributed by atoms with E-state index in [1.165, 1.54) is 0 Å². The van der Waals surface area contributed by atoms with Gasteiger partial charge < -0.3 is 10.6 Å². The van der Waals surface area contributed by atoms with Crippen LogP contribution in [-0.2, 0) is 4.79 Å².